The number of hydrogen-bond donors (Lipinski definition) is 2. The van der Waals surface area contributed by atoms with Crippen LogP contribution in [-0.2, 0) is 6.42 Å². The Bertz CT molecular complexity index is 387. The van der Waals surface area contributed by atoms with Gasteiger partial charge in [0.25, 0.3) is 0 Å². The van der Waals surface area contributed by atoms with Gasteiger partial charge in [-0.1, -0.05) is 21.1 Å². The predicted octanol–water partition coefficient (Wildman–Crippen LogP) is 2.28. The first-order chi connectivity index (χ1) is 6.24. The van der Waals surface area contributed by atoms with Crippen LogP contribution in [0.3, 0.4) is 0 Å². The van der Waals surface area contributed by atoms with E-state index in [1.54, 1.807) is 12.1 Å². The molecule has 2 rings (SSSR count). The highest BCUT2D eigenvalue weighted by Gasteiger charge is 2.23. The molecule has 0 bridgehead atoms. The molecule has 1 aliphatic rings. The van der Waals surface area contributed by atoms with Crippen LogP contribution in [-0.4, -0.2) is 16.0 Å². The summed E-state index contributed by atoms with van der Waals surface area (Å²) in [6.07, 6.45) is 1.49. The smallest absolute Gasteiger partial charge is 0.125 e. The SMILES string of the molecule is O/N=C1\CCc2c(Br)ccc(O)c21. The van der Waals surface area contributed by atoms with Gasteiger partial charge in [0.1, 0.15) is 5.75 Å². The van der Waals surface area contributed by atoms with Crippen molar-refractivity contribution in [1.29, 1.82) is 0 Å². The van der Waals surface area contributed by atoms with E-state index < -0.39 is 0 Å². The van der Waals surface area contributed by atoms with Crippen LogP contribution in [0.1, 0.15) is 17.5 Å². The third kappa shape index (κ3) is 1.21. The summed E-state index contributed by atoms with van der Waals surface area (Å²) >= 11 is 3.39. The van der Waals surface area contributed by atoms with Crippen molar-refractivity contribution >= 4 is 21.6 Å². The Hall–Kier alpha value is -1.03. The molecular formula is C9H8BrNO2. The van der Waals surface area contributed by atoms with E-state index >= 15 is 0 Å². The fraction of sp³-hybridized carbons (Fsp3) is 0.222. The topological polar surface area (TPSA) is 52.8 Å². The molecule has 0 amide bonds. The molecule has 3 nitrogen and oxygen atoms in total. The first-order valence-corrected chi connectivity index (χ1v) is 4.75. The summed E-state index contributed by atoms with van der Waals surface area (Å²) in [6, 6.07) is 3.40. The number of nitrogens with zero attached hydrogens (tertiary/aromatic N) is 1. The lowest BCUT2D eigenvalue weighted by Crippen LogP contribution is -1.94. The summed E-state index contributed by atoms with van der Waals surface area (Å²) in [5.74, 6) is 0.184. The van der Waals surface area contributed by atoms with Gasteiger partial charge < -0.3 is 10.3 Å². The Kier molecular flexibility index (Phi) is 2.00. The summed E-state index contributed by atoms with van der Waals surface area (Å²) in [7, 11) is 0. The third-order valence-electron chi connectivity index (χ3n) is 2.25. The Morgan fingerprint density at radius 1 is 1.31 bits per heavy atom. The van der Waals surface area contributed by atoms with Crippen LogP contribution in [0.25, 0.3) is 0 Å². The lowest BCUT2D eigenvalue weighted by molar-refractivity contribution is 0.318. The largest absolute Gasteiger partial charge is 0.507 e. The average Bonchev–Trinajstić information content (AvgIpc) is 2.56. The maximum atomic E-state index is 9.54. The molecule has 0 unspecified atom stereocenters. The van der Waals surface area contributed by atoms with Crippen LogP contribution in [0.15, 0.2) is 21.8 Å². The second kappa shape index (κ2) is 3.03. The highest BCUT2D eigenvalue weighted by atomic mass is 79.9. The fourth-order valence-electron chi connectivity index (χ4n) is 1.64. The van der Waals surface area contributed by atoms with Gasteiger partial charge in [0.15, 0.2) is 0 Å². The van der Waals surface area contributed by atoms with Gasteiger partial charge >= 0.3 is 0 Å². The molecule has 13 heavy (non-hydrogen) atoms. The minimum atomic E-state index is 0.184. The number of fused-ring (bicyclic) bond motifs is 1. The minimum Gasteiger partial charge on any atom is -0.507 e. The summed E-state index contributed by atoms with van der Waals surface area (Å²) in [4.78, 5) is 0. The van der Waals surface area contributed by atoms with Crippen LogP contribution in [0.4, 0.5) is 0 Å². The average molecular weight is 242 g/mol. The Balaban J connectivity index is 2.69. The summed E-state index contributed by atoms with van der Waals surface area (Å²) in [5.41, 5.74) is 2.26. The van der Waals surface area contributed by atoms with Gasteiger partial charge in [-0.3, -0.25) is 0 Å². The highest BCUT2D eigenvalue weighted by molar-refractivity contribution is 9.10. The summed E-state index contributed by atoms with van der Waals surface area (Å²) < 4.78 is 0.957. The normalized spacial score (nSPS) is 17.8. The zero-order chi connectivity index (χ0) is 9.42. The minimum absolute atomic E-state index is 0.184. The van der Waals surface area contributed by atoms with Crippen molar-refractivity contribution in [1.82, 2.24) is 0 Å². The zero-order valence-corrected chi connectivity index (χ0v) is 8.37. The second-order valence-corrected chi connectivity index (χ2v) is 3.82. The van der Waals surface area contributed by atoms with E-state index in [2.05, 4.69) is 21.1 Å². The number of aromatic hydroxyl groups is 1. The van der Waals surface area contributed by atoms with Crippen molar-refractivity contribution < 1.29 is 10.3 Å². The molecule has 0 heterocycles. The lowest BCUT2D eigenvalue weighted by atomic mass is 10.1. The standard InChI is InChI=1S/C9H8BrNO2/c10-6-2-4-8(12)9-5(6)1-3-7(9)11-13/h2,4,12-13H,1,3H2/b11-7+. The molecule has 0 fully saturated rings. The molecule has 0 aromatic heterocycles. The van der Waals surface area contributed by atoms with Gasteiger partial charge in [-0.25, -0.2) is 0 Å². The molecule has 1 aliphatic carbocycles. The van der Waals surface area contributed by atoms with Crippen molar-refractivity contribution in [3.63, 3.8) is 0 Å². The molecule has 0 spiro atoms. The van der Waals surface area contributed by atoms with E-state index in [1.807, 2.05) is 0 Å². The van der Waals surface area contributed by atoms with Crippen LogP contribution >= 0.6 is 15.9 Å². The highest BCUT2D eigenvalue weighted by Crippen LogP contribution is 2.35. The van der Waals surface area contributed by atoms with Gasteiger partial charge in [-0.05, 0) is 30.5 Å². The Morgan fingerprint density at radius 3 is 2.77 bits per heavy atom. The van der Waals surface area contributed by atoms with Crippen molar-refractivity contribution in [2.75, 3.05) is 0 Å². The van der Waals surface area contributed by atoms with Crippen molar-refractivity contribution in [2.45, 2.75) is 12.8 Å². The predicted molar refractivity (Wildman–Crippen MR) is 52.5 cm³/mol. The van der Waals surface area contributed by atoms with Crippen LogP contribution in [0, 0.1) is 0 Å². The Morgan fingerprint density at radius 2 is 2.08 bits per heavy atom. The van der Waals surface area contributed by atoms with E-state index in [1.165, 1.54) is 0 Å². The maximum Gasteiger partial charge on any atom is 0.125 e. The molecule has 68 valence electrons. The maximum absolute atomic E-state index is 9.54. The van der Waals surface area contributed by atoms with Gasteiger partial charge in [0, 0.05) is 10.0 Å². The first-order valence-electron chi connectivity index (χ1n) is 3.95. The quantitative estimate of drug-likeness (QED) is 0.541. The van der Waals surface area contributed by atoms with Crippen molar-refractivity contribution in [2.24, 2.45) is 5.16 Å². The van der Waals surface area contributed by atoms with Gasteiger partial charge in [0.05, 0.1) is 5.71 Å². The number of oxime groups is 1. The molecule has 1 aromatic carbocycles. The van der Waals surface area contributed by atoms with Crippen molar-refractivity contribution in [3.05, 3.63) is 27.7 Å². The second-order valence-electron chi connectivity index (χ2n) is 2.97. The van der Waals surface area contributed by atoms with E-state index in [4.69, 9.17) is 5.21 Å². The molecule has 4 heteroatoms. The van der Waals surface area contributed by atoms with E-state index in [0.29, 0.717) is 17.7 Å². The number of halogens is 1. The number of hydrogen-bond acceptors (Lipinski definition) is 3. The van der Waals surface area contributed by atoms with Gasteiger partial charge in [0.2, 0.25) is 0 Å². The number of phenolic OH excluding ortho intramolecular Hbond substituents is 1. The lowest BCUT2D eigenvalue weighted by Gasteiger charge is -2.03. The van der Waals surface area contributed by atoms with Crippen LogP contribution in [0.5, 0.6) is 5.75 Å². The molecule has 0 radical (unpaired) electrons. The molecule has 0 atom stereocenters. The molecule has 2 N–H and O–H groups in total. The number of rotatable bonds is 0. The fourth-order valence-corrected chi connectivity index (χ4v) is 2.17. The number of phenols is 1. The molecular weight excluding hydrogens is 234 g/mol. The monoisotopic (exact) mass is 241 g/mol. The molecule has 1 aromatic rings. The first kappa shape index (κ1) is 8.56. The number of benzene rings is 1. The molecule has 0 aliphatic heterocycles. The van der Waals surface area contributed by atoms with E-state index in [-0.39, 0.29) is 5.75 Å². The van der Waals surface area contributed by atoms with Crippen LogP contribution < -0.4 is 0 Å². The van der Waals surface area contributed by atoms with Crippen molar-refractivity contribution in [3.8, 4) is 5.75 Å². The Labute approximate surface area is 83.8 Å². The van der Waals surface area contributed by atoms with Gasteiger partial charge in [-0.15, -0.1) is 0 Å². The van der Waals surface area contributed by atoms with E-state index in [9.17, 15) is 5.11 Å². The molecule has 0 saturated carbocycles. The molecule has 0 saturated heterocycles. The van der Waals surface area contributed by atoms with Gasteiger partial charge in [-0.2, -0.15) is 0 Å². The summed E-state index contributed by atoms with van der Waals surface area (Å²) in [5, 5.41) is 21.4. The zero-order valence-electron chi connectivity index (χ0n) is 6.79. The van der Waals surface area contributed by atoms with E-state index in [0.717, 1.165) is 16.5 Å². The van der Waals surface area contributed by atoms with Crippen LogP contribution in [0.2, 0.25) is 0 Å². The third-order valence-corrected chi connectivity index (χ3v) is 3.00. The summed E-state index contributed by atoms with van der Waals surface area (Å²) in [6.45, 7) is 0.